The summed E-state index contributed by atoms with van der Waals surface area (Å²) in [5.41, 5.74) is 6.15. The highest BCUT2D eigenvalue weighted by atomic mass is 16.3. The van der Waals surface area contributed by atoms with Gasteiger partial charge in [-0.15, -0.1) is 0 Å². The number of anilines is 2. The molecule has 0 unspecified atom stereocenters. The molecule has 0 aliphatic carbocycles. The van der Waals surface area contributed by atoms with Crippen molar-refractivity contribution in [2.24, 2.45) is 5.92 Å². The van der Waals surface area contributed by atoms with Gasteiger partial charge in [0.05, 0.1) is 24.5 Å². The highest BCUT2D eigenvalue weighted by molar-refractivity contribution is 5.59. The third kappa shape index (κ3) is 2.56. The van der Waals surface area contributed by atoms with Crippen molar-refractivity contribution in [2.75, 3.05) is 17.7 Å². The fraction of sp³-hybridized carbons (Fsp3) is 0.556. The molecule has 1 rings (SSSR count). The van der Waals surface area contributed by atoms with Crippen LogP contribution >= 0.6 is 0 Å². The lowest BCUT2D eigenvalue weighted by atomic mass is 10.1. The Hall–Kier alpha value is -1.36. The second-order valence-electron chi connectivity index (χ2n) is 3.50. The number of aliphatic hydroxyl groups is 1. The molecule has 1 aromatic heterocycles. The van der Waals surface area contributed by atoms with Gasteiger partial charge in [0.15, 0.2) is 5.82 Å². The molecule has 0 aliphatic heterocycles. The average Bonchev–Trinajstić information content (AvgIpc) is 2.16. The van der Waals surface area contributed by atoms with Gasteiger partial charge in [-0.2, -0.15) is 0 Å². The molecule has 0 amide bonds. The summed E-state index contributed by atoms with van der Waals surface area (Å²) >= 11 is 0. The molecule has 1 heterocycles. The first-order valence-electron chi connectivity index (χ1n) is 4.58. The van der Waals surface area contributed by atoms with Crippen molar-refractivity contribution in [3.05, 3.63) is 12.5 Å². The summed E-state index contributed by atoms with van der Waals surface area (Å²) < 4.78 is 0. The van der Waals surface area contributed by atoms with E-state index in [1.807, 2.05) is 13.8 Å². The van der Waals surface area contributed by atoms with E-state index in [-0.39, 0.29) is 12.6 Å². The van der Waals surface area contributed by atoms with Crippen molar-refractivity contribution in [1.29, 1.82) is 0 Å². The van der Waals surface area contributed by atoms with Gasteiger partial charge in [-0.25, -0.2) is 9.97 Å². The van der Waals surface area contributed by atoms with Crippen LogP contribution in [0.1, 0.15) is 13.8 Å². The lowest BCUT2D eigenvalue weighted by molar-refractivity contribution is 0.249. The Morgan fingerprint density at radius 2 is 2.29 bits per heavy atom. The summed E-state index contributed by atoms with van der Waals surface area (Å²) in [6.07, 6.45) is 2.96. The van der Waals surface area contributed by atoms with Gasteiger partial charge in [-0.1, -0.05) is 13.8 Å². The number of nitrogen functional groups attached to an aromatic ring is 1. The van der Waals surface area contributed by atoms with Crippen LogP contribution in [0.25, 0.3) is 0 Å². The van der Waals surface area contributed by atoms with Crippen molar-refractivity contribution in [2.45, 2.75) is 19.9 Å². The highest BCUT2D eigenvalue weighted by Crippen LogP contribution is 2.15. The summed E-state index contributed by atoms with van der Waals surface area (Å²) in [5.74, 6) is 0.891. The van der Waals surface area contributed by atoms with Crippen LogP contribution in [-0.2, 0) is 0 Å². The third-order valence-electron chi connectivity index (χ3n) is 2.06. The number of nitrogens with zero attached hydrogens (tertiary/aromatic N) is 2. The molecule has 0 aromatic carbocycles. The maximum atomic E-state index is 9.10. The van der Waals surface area contributed by atoms with E-state index < -0.39 is 0 Å². The van der Waals surface area contributed by atoms with Gasteiger partial charge in [-0.05, 0) is 5.92 Å². The first-order chi connectivity index (χ1) is 6.65. The van der Waals surface area contributed by atoms with E-state index in [1.54, 1.807) is 0 Å². The monoisotopic (exact) mass is 196 g/mol. The number of nitrogens with one attached hydrogen (secondary N) is 1. The molecule has 14 heavy (non-hydrogen) atoms. The Morgan fingerprint density at radius 3 is 2.79 bits per heavy atom. The van der Waals surface area contributed by atoms with Crippen molar-refractivity contribution in [3.63, 3.8) is 0 Å². The maximum Gasteiger partial charge on any atom is 0.152 e. The molecule has 78 valence electrons. The van der Waals surface area contributed by atoms with Crippen LogP contribution in [0.3, 0.4) is 0 Å². The van der Waals surface area contributed by atoms with E-state index in [2.05, 4.69) is 15.3 Å². The second kappa shape index (κ2) is 4.76. The van der Waals surface area contributed by atoms with E-state index in [9.17, 15) is 0 Å². The molecule has 0 fully saturated rings. The Bertz CT molecular complexity index is 290. The number of aliphatic hydroxyl groups excluding tert-OH is 1. The van der Waals surface area contributed by atoms with Crippen LogP contribution in [-0.4, -0.2) is 27.7 Å². The van der Waals surface area contributed by atoms with Gasteiger partial charge in [0, 0.05) is 0 Å². The van der Waals surface area contributed by atoms with E-state index in [4.69, 9.17) is 10.8 Å². The van der Waals surface area contributed by atoms with Crippen LogP contribution < -0.4 is 11.1 Å². The number of nitrogens with two attached hydrogens (primary N) is 1. The first-order valence-corrected chi connectivity index (χ1v) is 4.58. The Morgan fingerprint density at radius 1 is 1.57 bits per heavy atom. The van der Waals surface area contributed by atoms with Crippen molar-refractivity contribution < 1.29 is 5.11 Å². The topological polar surface area (TPSA) is 84.1 Å². The summed E-state index contributed by atoms with van der Waals surface area (Å²) in [6.45, 7) is 4.09. The third-order valence-corrected chi connectivity index (χ3v) is 2.06. The van der Waals surface area contributed by atoms with Gasteiger partial charge in [-0.3, -0.25) is 0 Å². The van der Waals surface area contributed by atoms with Gasteiger partial charge in [0.2, 0.25) is 0 Å². The highest BCUT2D eigenvalue weighted by Gasteiger charge is 2.13. The number of rotatable bonds is 4. The SMILES string of the molecule is CC(C)[C@@H](CO)Nc1ncncc1N. The normalized spacial score (nSPS) is 12.9. The average molecular weight is 196 g/mol. The molecule has 0 spiro atoms. The summed E-state index contributed by atoms with van der Waals surface area (Å²) in [7, 11) is 0. The molecule has 0 saturated carbocycles. The molecule has 1 aromatic rings. The van der Waals surface area contributed by atoms with Crippen LogP contribution in [0.15, 0.2) is 12.5 Å². The largest absolute Gasteiger partial charge is 0.394 e. The Kier molecular flexibility index (Phi) is 3.64. The van der Waals surface area contributed by atoms with Crippen LogP contribution in [0.5, 0.6) is 0 Å². The first kappa shape index (κ1) is 10.7. The number of hydrogen-bond acceptors (Lipinski definition) is 5. The van der Waals surface area contributed by atoms with Crippen molar-refractivity contribution in [3.8, 4) is 0 Å². The predicted octanol–water partition coefficient (Wildman–Crippen LogP) is 0.488. The second-order valence-corrected chi connectivity index (χ2v) is 3.50. The minimum atomic E-state index is -0.0350. The van der Waals surface area contributed by atoms with E-state index in [1.165, 1.54) is 12.5 Å². The van der Waals surface area contributed by atoms with Gasteiger partial charge in [0.25, 0.3) is 0 Å². The minimum Gasteiger partial charge on any atom is -0.394 e. The molecule has 0 radical (unpaired) electrons. The molecule has 5 nitrogen and oxygen atoms in total. The van der Waals surface area contributed by atoms with Crippen molar-refractivity contribution >= 4 is 11.5 Å². The summed E-state index contributed by atoms with van der Waals surface area (Å²) in [6, 6.07) is -0.0350. The number of aromatic nitrogens is 2. The molecular formula is C9H16N4O. The van der Waals surface area contributed by atoms with Gasteiger partial charge >= 0.3 is 0 Å². The van der Waals surface area contributed by atoms with Gasteiger partial charge < -0.3 is 16.2 Å². The van der Waals surface area contributed by atoms with E-state index in [0.717, 1.165) is 0 Å². The smallest absolute Gasteiger partial charge is 0.152 e. The fourth-order valence-corrected chi connectivity index (χ4v) is 1.06. The molecule has 5 heteroatoms. The summed E-state index contributed by atoms with van der Waals surface area (Å²) in [4.78, 5) is 7.77. The van der Waals surface area contributed by atoms with E-state index in [0.29, 0.717) is 17.4 Å². The summed E-state index contributed by atoms with van der Waals surface area (Å²) in [5, 5.41) is 12.2. The van der Waals surface area contributed by atoms with Gasteiger partial charge in [0.1, 0.15) is 6.33 Å². The zero-order valence-electron chi connectivity index (χ0n) is 8.44. The molecule has 0 bridgehead atoms. The lowest BCUT2D eigenvalue weighted by Gasteiger charge is -2.20. The van der Waals surface area contributed by atoms with Crippen LogP contribution in [0.4, 0.5) is 11.5 Å². The lowest BCUT2D eigenvalue weighted by Crippen LogP contribution is -2.30. The quantitative estimate of drug-likeness (QED) is 0.652. The molecule has 0 aliphatic rings. The van der Waals surface area contributed by atoms with Crippen LogP contribution in [0, 0.1) is 5.92 Å². The molecule has 1 atom stereocenters. The minimum absolute atomic E-state index is 0.0350. The Balaban J connectivity index is 2.72. The fourth-order valence-electron chi connectivity index (χ4n) is 1.06. The zero-order valence-corrected chi connectivity index (χ0v) is 8.44. The number of hydrogen-bond donors (Lipinski definition) is 3. The molecular weight excluding hydrogens is 180 g/mol. The van der Waals surface area contributed by atoms with E-state index >= 15 is 0 Å². The molecule has 0 saturated heterocycles. The molecule has 4 N–H and O–H groups in total. The maximum absolute atomic E-state index is 9.10. The zero-order chi connectivity index (χ0) is 10.6. The standard InChI is InChI=1S/C9H16N4O/c1-6(2)8(4-14)13-9-7(10)3-11-5-12-9/h3,5-6,8,14H,4,10H2,1-2H3,(H,11,12,13)/t8-/m1/s1. The Labute approximate surface area is 83.4 Å². The predicted molar refractivity (Wildman–Crippen MR) is 55.8 cm³/mol. The van der Waals surface area contributed by atoms with Crippen LogP contribution in [0.2, 0.25) is 0 Å². The van der Waals surface area contributed by atoms with Crippen molar-refractivity contribution in [1.82, 2.24) is 9.97 Å².